The monoisotopic (exact) mass is 308 g/mol. The predicted octanol–water partition coefficient (Wildman–Crippen LogP) is 3.21. The molecular weight excluding hydrogens is 284 g/mol. The Balaban J connectivity index is 2.20. The molecule has 0 saturated carbocycles. The van der Waals surface area contributed by atoms with Crippen molar-refractivity contribution in [3.63, 3.8) is 0 Å². The van der Waals surface area contributed by atoms with E-state index in [1.165, 1.54) is 18.4 Å². The van der Waals surface area contributed by atoms with Crippen molar-refractivity contribution in [2.75, 3.05) is 19.0 Å². The van der Waals surface area contributed by atoms with Crippen molar-refractivity contribution in [2.24, 2.45) is 0 Å². The minimum atomic E-state index is 0.698. The number of rotatable bonds is 8. The minimum absolute atomic E-state index is 0.698. The van der Waals surface area contributed by atoms with Crippen molar-refractivity contribution in [3.05, 3.63) is 17.0 Å². The maximum atomic E-state index is 5.34. The largest absolute Gasteiger partial charge is 0.381 e. The molecule has 6 heteroatoms. The summed E-state index contributed by atoms with van der Waals surface area (Å²) < 4.78 is 7.21. The van der Waals surface area contributed by atoms with Gasteiger partial charge in [-0.05, 0) is 39.2 Å². The van der Waals surface area contributed by atoms with E-state index in [1.807, 2.05) is 11.4 Å². The van der Waals surface area contributed by atoms with Crippen molar-refractivity contribution >= 4 is 17.5 Å². The molecule has 0 saturated heterocycles. The lowest BCUT2D eigenvalue weighted by Crippen LogP contribution is -2.05. The van der Waals surface area contributed by atoms with Crippen LogP contribution in [0.15, 0.2) is 5.16 Å². The van der Waals surface area contributed by atoms with Crippen LogP contribution in [-0.4, -0.2) is 38.5 Å². The molecule has 0 unspecified atom stereocenters. The number of aryl methyl sites for hydroxylation is 2. The Bertz CT molecular complexity index is 597. The van der Waals surface area contributed by atoms with Gasteiger partial charge in [0.05, 0.1) is 6.61 Å². The average Bonchev–Trinajstić information content (AvgIpc) is 2.86. The number of hydrogen-bond donors (Lipinski definition) is 0. The van der Waals surface area contributed by atoms with Crippen LogP contribution in [0.25, 0.3) is 5.78 Å². The second-order valence-corrected chi connectivity index (χ2v) is 6.08. The third-order valence-electron chi connectivity index (χ3n) is 3.47. The second-order valence-electron chi connectivity index (χ2n) is 5.02. The second kappa shape index (κ2) is 7.75. The highest BCUT2D eigenvalue weighted by atomic mass is 32.2. The van der Waals surface area contributed by atoms with Crippen molar-refractivity contribution in [1.82, 2.24) is 19.6 Å². The van der Waals surface area contributed by atoms with Gasteiger partial charge >= 0.3 is 0 Å². The van der Waals surface area contributed by atoms with Crippen LogP contribution in [0.2, 0.25) is 0 Å². The molecule has 0 spiro atoms. The molecule has 0 aliphatic rings. The first-order chi connectivity index (χ1) is 10.2. The Kier molecular flexibility index (Phi) is 5.99. The van der Waals surface area contributed by atoms with E-state index in [0.717, 1.165) is 41.9 Å². The highest BCUT2D eigenvalue weighted by Crippen LogP contribution is 2.19. The van der Waals surface area contributed by atoms with Crippen LogP contribution >= 0.6 is 11.8 Å². The van der Waals surface area contributed by atoms with Crippen molar-refractivity contribution in [1.29, 1.82) is 0 Å². The maximum Gasteiger partial charge on any atom is 0.253 e. The summed E-state index contributed by atoms with van der Waals surface area (Å²) in [7, 11) is 0. The topological polar surface area (TPSA) is 52.3 Å². The van der Waals surface area contributed by atoms with E-state index >= 15 is 0 Å². The minimum Gasteiger partial charge on any atom is -0.381 e. The van der Waals surface area contributed by atoms with Gasteiger partial charge in [-0.3, -0.25) is 0 Å². The Morgan fingerprint density at radius 3 is 2.71 bits per heavy atom. The summed E-state index contributed by atoms with van der Waals surface area (Å²) in [6.07, 6.45) is 3.43. The number of ether oxygens (including phenoxy) is 1. The molecule has 21 heavy (non-hydrogen) atoms. The number of thioether (sulfide) groups is 1. The van der Waals surface area contributed by atoms with Gasteiger partial charge in [0, 0.05) is 23.7 Å². The van der Waals surface area contributed by atoms with Crippen LogP contribution in [0, 0.1) is 13.8 Å². The highest BCUT2D eigenvalue weighted by Gasteiger charge is 2.13. The number of aromatic nitrogens is 4. The van der Waals surface area contributed by atoms with E-state index in [9.17, 15) is 0 Å². The molecular formula is C15H24N4OS. The van der Waals surface area contributed by atoms with Gasteiger partial charge in [0.2, 0.25) is 5.16 Å². The van der Waals surface area contributed by atoms with Crippen LogP contribution in [0.1, 0.15) is 43.6 Å². The summed E-state index contributed by atoms with van der Waals surface area (Å²) in [5, 5.41) is 5.35. The van der Waals surface area contributed by atoms with Gasteiger partial charge in [-0.1, -0.05) is 25.1 Å². The molecule has 0 atom stereocenters. The van der Waals surface area contributed by atoms with Gasteiger partial charge in [-0.25, -0.2) is 9.50 Å². The zero-order valence-electron chi connectivity index (χ0n) is 13.3. The van der Waals surface area contributed by atoms with E-state index in [1.54, 1.807) is 11.8 Å². The van der Waals surface area contributed by atoms with Crippen LogP contribution in [0.5, 0.6) is 0 Å². The van der Waals surface area contributed by atoms with E-state index in [2.05, 4.69) is 35.8 Å². The van der Waals surface area contributed by atoms with Gasteiger partial charge in [-0.15, -0.1) is 5.10 Å². The van der Waals surface area contributed by atoms with Crippen molar-refractivity contribution < 1.29 is 4.74 Å². The van der Waals surface area contributed by atoms with Crippen LogP contribution in [0.4, 0.5) is 0 Å². The van der Waals surface area contributed by atoms with E-state index in [-0.39, 0.29) is 0 Å². The molecule has 0 aliphatic carbocycles. The van der Waals surface area contributed by atoms with Gasteiger partial charge in [0.15, 0.2) is 0 Å². The Hall–Kier alpha value is -1.14. The molecule has 0 fully saturated rings. The molecule has 116 valence electrons. The van der Waals surface area contributed by atoms with Crippen LogP contribution < -0.4 is 0 Å². The lowest BCUT2D eigenvalue weighted by atomic mass is 10.1. The van der Waals surface area contributed by atoms with Gasteiger partial charge < -0.3 is 4.74 Å². The standard InChI is InChI=1S/C15H24N4OS/c1-5-7-8-13-11(3)16-14-17-15(18-19(14)12(13)4)21-10-9-20-6-2/h5-10H2,1-4H3. The summed E-state index contributed by atoms with van der Waals surface area (Å²) in [5.41, 5.74) is 3.54. The number of nitrogens with zero attached hydrogens (tertiary/aromatic N) is 4. The van der Waals surface area contributed by atoms with Crippen LogP contribution in [-0.2, 0) is 11.2 Å². The zero-order valence-corrected chi connectivity index (χ0v) is 14.2. The van der Waals surface area contributed by atoms with E-state index < -0.39 is 0 Å². The first-order valence-corrected chi connectivity index (χ1v) is 8.59. The smallest absolute Gasteiger partial charge is 0.253 e. The first kappa shape index (κ1) is 16.2. The summed E-state index contributed by atoms with van der Waals surface area (Å²) in [6.45, 7) is 9.86. The number of unbranched alkanes of at least 4 members (excludes halogenated alkanes) is 1. The van der Waals surface area contributed by atoms with Gasteiger partial charge in [0.25, 0.3) is 5.78 Å². The molecule has 2 rings (SSSR count). The molecule has 0 N–H and O–H groups in total. The van der Waals surface area contributed by atoms with Crippen LogP contribution in [0.3, 0.4) is 0 Å². The van der Waals surface area contributed by atoms with Crippen molar-refractivity contribution in [2.45, 2.75) is 52.1 Å². The molecule has 0 aliphatic heterocycles. The molecule has 5 nitrogen and oxygen atoms in total. The fourth-order valence-electron chi connectivity index (χ4n) is 2.30. The van der Waals surface area contributed by atoms with Gasteiger partial charge in [0.1, 0.15) is 0 Å². The van der Waals surface area contributed by atoms with E-state index in [4.69, 9.17) is 4.74 Å². The molecule has 2 aromatic heterocycles. The Labute approximate surface area is 130 Å². The van der Waals surface area contributed by atoms with Crippen molar-refractivity contribution in [3.8, 4) is 0 Å². The SMILES string of the molecule is CCCCc1c(C)nc2nc(SCCOCC)nn2c1C. The number of fused-ring (bicyclic) bond motifs is 1. The lowest BCUT2D eigenvalue weighted by molar-refractivity contribution is 0.164. The Morgan fingerprint density at radius 2 is 2.00 bits per heavy atom. The lowest BCUT2D eigenvalue weighted by Gasteiger charge is -2.09. The fraction of sp³-hybridized carbons (Fsp3) is 0.667. The number of hydrogen-bond acceptors (Lipinski definition) is 5. The Morgan fingerprint density at radius 1 is 1.19 bits per heavy atom. The molecule has 0 amide bonds. The third-order valence-corrected chi connectivity index (χ3v) is 4.27. The summed E-state index contributed by atoms with van der Waals surface area (Å²) >= 11 is 1.62. The molecule has 2 aromatic rings. The van der Waals surface area contributed by atoms with Gasteiger partial charge in [-0.2, -0.15) is 4.98 Å². The third kappa shape index (κ3) is 3.95. The van der Waals surface area contributed by atoms with E-state index in [0.29, 0.717) is 5.78 Å². The average molecular weight is 308 g/mol. The molecule has 0 radical (unpaired) electrons. The first-order valence-electron chi connectivity index (χ1n) is 7.60. The zero-order chi connectivity index (χ0) is 15.2. The predicted molar refractivity (Wildman–Crippen MR) is 86.1 cm³/mol. The summed E-state index contributed by atoms with van der Waals surface area (Å²) in [5.74, 6) is 1.56. The summed E-state index contributed by atoms with van der Waals surface area (Å²) in [4.78, 5) is 9.10. The highest BCUT2D eigenvalue weighted by molar-refractivity contribution is 7.99. The fourth-order valence-corrected chi connectivity index (χ4v) is 2.97. The molecule has 2 heterocycles. The molecule has 0 aromatic carbocycles. The molecule has 0 bridgehead atoms. The summed E-state index contributed by atoms with van der Waals surface area (Å²) in [6, 6.07) is 0. The normalized spacial score (nSPS) is 11.4. The maximum absolute atomic E-state index is 5.34. The quantitative estimate of drug-likeness (QED) is 0.553.